The Balaban J connectivity index is 2.75. The molecule has 1 aliphatic rings. The molecule has 0 amide bonds. The van der Waals surface area contributed by atoms with E-state index in [-0.39, 0.29) is 15.9 Å². The van der Waals surface area contributed by atoms with Crippen LogP contribution in [-0.2, 0) is 0 Å². The highest BCUT2D eigenvalue weighted by Crippen LogP contribution is 2.25. The Morgan fingerprint density at radius 2 is 1.79 bits per heavy atom. The van der Waals surface area contributed by atoms with Crippen LogP contribution in [0.1, 0.15) is 27.7 Å². The first kappa shape index (κ1) is 11.6. The van der Waals surface area contributed by atoms with Gasteiger partial charge in [-0.15, -0.1) is 0 Å². The summed E-state index contributed by atoms with van der Waals surface area (Å²) in [4.78, 5) is 0. The van der Waals surface area contributed by atoms with Gasteiger partial charge in [0.1, 0.15) is 0 Å². The molecule has 1 rings (SSSR count). The third kappa shape index (κ3) is 1.94. The van der Waals surface area contributed by atoms with Crippen LogP contribution in [0.15, 0.2) is 0 Å². The summed E-state index contributed by atoms with van der Waals surface area (Å²) < 4.78 is 40.4. The average Bonchev–Trinajstić information content (AvgIpc) is 1.99. The summed E-state index contributed by atoms with van der Waals surface area (Å²) in [5, 5.41) is 0. The van der Waals surface area contributed by atoms with Gasteiger partial charge in [-0.3, -0.25) is 8.81 Å². The van der Waals surface area contributed by atoms with Crippen LogP contribution in [0.2, 0.25) is 0 Å². The smallest absolute Gasteiger partial charge is 0.272 e. The molecule has 0 aliphatic carbocycles. The predicted molar refractivity (Wildman–Crippen MR) is 49.2 cm³/mol. The van der Waals surface area contributed by atoms with Gasteiger partial charge >= 0.3 is 16.0 Å². The van der Waals surface area contributed by atoms with Gasteiger partial charge in [-0.25, -0.2) is 0 Å². The number of amidine groups is 1. The molecule has 0 fully saturated rings. The van der Waals surface area contributed by atoms with Gasteiger partial charge < -0.3 is 0 Å². The molecule has 1 heterocycles. The second-order valence-corrected chi connectivity index (χ2v) is 4.86. The SMILES string of the molecule is CC1=[N+](C(C)C(F)(F)F)[Si]N1C(C)C. The summed E-state index contributed by atoms with van der Waals surface area (Å²) >= 11 is 0. The lowest BCUT2D eigenvalue weighted by Gasteiger charge is -2.33. The van der Waals surface area contributed by atoms with Crippen LogP contribution < -0.4 is 0 Å². The highest BCUT2D eigenvalue weighted by atomic mass is 28.2. The molecule has 2 nitrogen and oxygen atoms in total. The van der Waals surface area contributed by atoms with Gasteiger partial charge in [0.2, 0.25) is 5.84 Å². The third-order valence-electron chi connectivity index (χ3n) is 2.29. The minimum absolute atomic E-state index is 0.127. The topological polar surface area (TPSA) is 6.25 Å². The molecule has 80 valence electrons. The molecule has 2 radical (unpaired) electrons. The van der Waals surface area contributed by atoms with Crippen LogP contribution in [0.4, 0.5) is 13.2 Å². The molecule has 0 spiro atoms. The molecule has 0 saturated carbocycles. The molecular formula is C8H14F3N2Si+. The average molecular weight is 223 g/mol. The second kappa shape index (κ2) is 3.56. The van der Waals surface area contributed by atoms with Crippen molar-refractivity contribution in [2.24, 2.45) is 0 Å². The van der Waals surface area contributed by atoms with Gasteiger partial charge in [0.05, 0.1) is 6.04 Å². The van der Waals surface area contributed by atoms with E-state index in [1.807, 2.05) is 18.4 Å². The lowest BCUT2D eigenvalue weighted by Crippen LogP contribution is -2.62. The molecule has 0 aromatic carbocycles. The van der Waals surface area contributed by atoms with Crippen LogP contribution >= 0.6 is 0 Å². The van der Waals surface area contributed by atoms with Gasteiger partial charge in [-0.05, 0) is 20.8 Å². The quantitative estimate of drug-likeness (QED) is 0.645. The van der Waals surface area contributed by atoms with E-state index in [1.165, 1.54) is 11.2 Å². The van der Waals surface area contributed by atoms with Gasteiger partial charge in [0.15, 0.2) is 6.04 Å². The Morgan fingerprint density at radius 3 is 2.07 bits per heavy atom. The first-order valence-corrected chi connectivity index (χ1v) is 5.39. The molecule has 14 heavy (non-hydrogen) atoms. The molecule has 0 aromatic heterocycles. The zero-order valence-corrected chi connectivity index (χ0v) is 9.68. The van der Waals surface area contributed by atoms with Crippen molar-refractivity contribution in [2.45, 2.75) is 46.0 Å². The maximum Gasteiger partial charge on any atom is 0.645 e. The Bertz CT molecular complexity index is 260. The van der Waals surface area contributed by atoms with Crippen LogP contribution in [0, 0.1) is 0 Å². The minimum atomic E-state index is -4.13. The predicted octanol–water partition coefficient (Wildman–Crippen LogP) is 1.63. The third-order valence-corrected chi connectivity index (χ3v) is 4.27. The van der Waals surface area contributed by atoms with Crippen LogP contribution in [0.5, 0.6) is 0 Å². The molecule has 1 atom stereocenters. The standard InChI is InChI=1S/C8H14F3N2Si/c1-5(2)12-7(4)13(14-12)6(3)8(9,10)11/h5-6H,1-4H3/q+1. The number of hydrogen-bond acceptors (Lipinski definition) is 1. The number of rotatable bonds is 2. The van der Waals surface area contributed by atoms with Gasteiger partial charge in [0, 0.05) is 6.92 Å². The maximum atomic E-state index is 12.4. The van der Waals surface area contributed by atoms with E-state index >= 15 is 0 Å². The van der Waals surface area contributed by atoms with Crippen molar-refractivity contribution in [3.05, 3.63) is 0 Å². The molecule has 0 N–H and O–H groups in total. The Hall–Kier alpha value is -0.523. The van der Waals surface area contributed by atoms with Crippen molar-refractivity contribution in [1.29, 1.82) is 0 Å². The molecule has 0 aromatic rings. The molecule has 1 unspecified atom stereocenters. The molecular weight excluding hydrogens is 209 g/mol. The Labute approximate surface area is 84.4 Å². The fraction of sp³-hybridized carbons (Fsp3) is 0.875. The van der Waals surface area contributed by atoms with E-state index in [2.05, 4.69) is 0 Å². The number of halogens is 3. The van der Waals surface area contributed by atoms with Crippen molar-refractivity contribution in [3.8, 4) is 0 Å². The van der Waals surface area contributed by atoms with Crippen molar-refractivity contribution < 1.29 is 17.4 Å². The fourth-order valence-corrected chi connectivity index (χ4v) is 2.48. The summed E-state index contributed by atoms with van der Waals surface area (Å²) in [6.07, 6.45) is -4.13. The number of nitrogens with zero attached hydrogens (tertiary/aromatic N) is 2. The fourth-order valence-electron chi connectivity index (χ4n) is 1.33. The van der Waals surface area contributed by atoms with E-state index in [9.17, 15) is 13.2 Å². The van der Waals surface area contributed by atoms with Gasteiger partial charge in [0.25, 0.3) is 0 Å². The monoisotopic (exact) mass is 223 g/mol. The zero-order valence-electron chi connectivity index (χ0n) is 8.68. The highest BCUT2D eigenvalue weighted by molar-refractivity contribution is 6.34. The molecule has 6 heteroatoms. The lowest BCUT2D eigenvalue weighted by molar-refractivity contribution is -0.507. The largest absolute Gasteiger partial charge is 0.645 e. The van der Waals surface area contributed by atoms with Gasteiger partial charge in [-0.2, -0.15) is 13.2 Å². The Kier molecular flexibility index (Phi) is 2.94. The molecule has 0 saturated heterocycles. The minimum Gasteiger partial charge on any atom is -0.272 e. The van der Waals surface area contributed by atoms with Crippen LogP contribution in [0.25, 0.3) is 0 Å². The van der Waals surface area contributed by atoms with Crippen LogP contribution in [0.3, 0.4) is 0 Å². The van der Waals surface area contributed by atoms with Crippen molar-refractivity contribution in [1.82, 2.24) is 4.57 Å². The summed E-state index contributed by atoms with van der Waals surface area (Å²) in [7, 11) is 0.127. The van der Waals surface area contributed by atoms with E-state index in [0.29, 0.717) is 0 Å². The van der Waals surface area contributed by atoms with Crippen molar-refractivity contribution in [3.63, 3.8) is 0 Å². The second-order valence-electron chi connectivity index (χ2n) is 3.70. The molecule has 1 aliphatic heterocycles. The summed E-state index contributed by atoms with van der Waals surface area (Å²) in [5.74, 6) is 0.725. The first-order valence-electron chi connectivity index (χ1n) is 4.50. The van der Waals surface area contributed by atoms with Crippen LogP contribution in [-0.4, -0.2) is 42.7 Å². The summed E-state index contributed by atoms with van der Waals surface area (Å²) in [5.41, 5.74) is 0. The van der Waals surface area contributed by atoms with E-state index in [4.69, 9.17) is 0 Å². The van der Waals surface area contributed by atoms with E-state index in [1.54, 1.807) is 6.92 Å². The summed E-state index contributed by atoms with van der Waals surface area (Å²) in [6, 6.07) is -1.08. The maximum absolute atomic E-state index is 12.4. The zero-order chi connectivity index (χ0) is 11.1. The highest BCUT2D eigenvalue weighted by Gasteiger charge is 2.50. The Morgan fingerprint density at radius 1 is 1.29 bits per heavy atom. The molecule has 0 bridgehead atoms. The van der Waals surface area contributed by atoms with Crippen molar-refractivity contribution >= 4 is 15.7 Å². The number of alkyl halides is 3. The van der Waals surface area contributed by atoms with Gasteiger partial charge in [-0.1, -0.05) is 0 Å². The summed E-state index contributed by atoms with van der Waals surface area (Å²) in [6.45, 7) is 6.89. The van der Waals surface area contributed by atoms with Crippen molar-refractivity contribution in [2.75, 3.05) is 0 Å². The number of hydrogen-bond donors (Lipinski definition) is 0. The normalized spacial score (nSPS) is 20.1. The first-order chi connectivity index (χ1) is 6.25. The van der Waals surface area contributed by atoms with E-state index in [0.717, 1.165) is 5.84 Å². The lowest BCUT2D eigenvalue weighted by atomic mass is 10.3. The van der Waals surface area contributed by atoms with E-state index < -0.39 is 12.2 Å².